The van der Waals surface area contributed by atoms with Crippen molar-refractivity contribution in [3.8, 4) is 23.0 Å². The van der Waals surface area contributed by atoms with Gasteiger partial charge in [-0.3, -0.25) is 4.98 Å². The maximum atomic E-state index is 5.97. The first kappa shape index (κ1) is 17.3. The predicted molar refractivity (Wildman–Crippen MR) is 104 cm³/mol. The summed E-state index contributed by atoms with van der Waals surface area (Å²) in [6.07, 6.45) is 2.59. The van der Waals surface area contributed by atoms with Crippen LogP contribution in [-0.2, 0) is 6.42 Å². The Kier molecular flexibility index (Phi) is 4.62. The van der Waals surface area contributed by atoms with Crippen LogP contribution in [0.2, 0.25) is 0 Å². The molecule has 3 aromatic rings. The number of nitrogens with one attached hydrogen (secondary N) is 1. The SMILES string of the molecule is COc1cccc2c1OCC(Nc1nc(-c3ccccn3)nc(C)c1C)C2. The lowest BCUT2D eigenvalue weighted by molar-refractivity contribution is 0.256. The molecule has 1 atom stereocenters. The lowest BCUT2D eigenvalue weighted by Crippen LogP contribution is -2.34. The number of aryl methyl sites for hydroxylation is 1. The third kappa shape index (κ3) is 3.43. The number of anilines is 1. The highest BCUT2D eigenvalue weighted by Gasteiger charge is 2.24. The molecular weight excluding hydrogens is 340 g/mol. The van der Waals surface area contributed by atoms with Crippen molar-refractivity contribution in [2.24, 2.45) is 0 Å². The number of nitrogens with zero attached hydrogens (tertiary/aromatic N) is 3. The molecule has 0 spiro atoms. The molecule has 1 unspecified atom stereocenters. The first-order valence-corrected chi connectivity index (χ1v) is 8.97. The summed E-state index contributed by atoms with van der Waals surface area (Å²) in [5.41, 5.74) is 3.86. The van der Waals surface area contributed by atoms with E-state index in [4.69, 9.17) is 14.5 Å². The average Bonchev–Trinajstić information content (AvgIpc) is 2.71. The second kappa shape index (κ2) is 7.23. The third-order valence-electron chi connectivity index (χ3n) is 4.80. The smallest absolute Gasteiger partial charge is 0.180 e. The molecule has 1 aliphatic rings. The lowest BCUT2D eigenvalue weighted by atomic mass is 10.0. The van der Waals surface area contributed by atoms with Crippen molar-refractivity contribution in [2.45, 2.75) is 26.3 Å². The van der Waals surface area contributed by atoms with Crippen molar-refractivity contribution in [2.75, 3.05) is 19.0 Å². The largest absolute Gasteiger partial charge is 0.493 e. The molecule has 1 N–H and O–H groups in total. The summed E-state index contributed by atoms with van der Waals surface area (Å²) >= 11 is 0. The van der Waals surface area contributed by atoms with Gasteiger partial charge in [0.05, 0.1) is 13.2 Å². The molecule has 6 nitrogen and oxygen atoms in total. The van der Waals surface area contributed by atoms with Crippen LogP contribution in [0.25, 0.3) is 11.5 Å². The van der Waals surface area contributed by atoms with Crippen LogP contribution in [0.5, 0.6) is 11.5 Å². The van der Waals surface area contributed by atoms with Crippen molar-refractivity contribution in [3.63, 3.8) is 0 Å². The van der Waals surface area contributed by atoms with Gasteiger partial charge in [-0.05, 0) is 38.5 Å². The predicted octanol–water partition coefficient (Wildman–Crippen LogP) is 3.58. The van der Waals surface area contributed by atoms with Crippen LogP contribution in [0.15, 0.2) is 42.6 Å². The number of hydrogen-bond donors (Lipinski definition) is 1. The van der Waals surface area contributed by atoms with Crippen LogP contribution in [-0.4, -0.2) is 34.7 Å². The fraction of sp³-hybridized carbons (Fsp3) is 0.286. The normalized spacial score (nSPS) is 15.6. The van der Waals surface area contributed by atoms with E-state index in [0.717, 1.165) is 46.3 Å². The molecular formula is C21H22N4O2. The second-order valence-electron chi connectivity index (χ2n) is 6.63. The van der Waals surface area contributed by atoms with Crippen molar-refractivity contribution < 1.29 is 9.47 Å². The van der Waals surface area contributed by atoms with E-state index in [0.29, 0.717) is 12.4 Å². The summed E-state index contributed by atoms with van der Waals surface area (Å²) < 4.78 is 11.4. The van der Waals surface area contributed by atoms with E-state index in [1.807, 2.05) is 44.2 Å². The van der Waals surface area contributed by atoms with Gasteiger partial charge in [-0.15, -0.1) is 0 Å². The van der Waals surface area contributed by atoms with E-state index in [-0.39, 0.29) is 6.04 Å². The molecule has 0 amide bonds. The first-order valence-electron chi connectivity index (χ1n) is 8.97. The number of pyridine rings is 1. The van der Waals surface area contributed by atoms with Gasteiger partial charge in [0.2, 0.25) is 0 Å². The Bertz CT molecular complexity index is 960. The molecule has 1 aliphatic heterocycles. The topological polar surface area (TPSA) is 69.2 Å². The molecule has 0 bridgehead atoms. The van der Waals surface area contributed by atoms with Crippen molar-refractivity contribution >= 4 is 5.82 Å². The molecule has 138 valence electrons. The average molecular weight is 362 g/mol. The van der Waals surface area contributed by atoms with Gasteiger partial charge in [-0.2, -0.15) is 0 Å². The highest BCUT2D eigenvalue weighted by atomic mass is 16.5. The number of benzene rings is 1. The Labute approximate surface area is 158 Å². The highest BCUT2D eigenvalue weighted by molar-refractivity contribution is 5.57. The number of hydrogen-bond acceptors (Lipinski definition) is 6. The van der Waals surface area contributed by atoms with Gasteiger partial charge in [0.15, 0.2) is 17.3 Å². The summed E-state index contributed by atoms with van der Waals surface area (Å²) in [6, 6.07) is 11.8. The molecule has 0 radical (unpaired) electrons. The van der Waals surface area contributed by atoms with Gasteiger partial charge in [0, 0.05) is 23.0 Å². The Morgan fingerprint density at radius 3 is 2.78 bits per heavy atom. The van der Waals surface area contributed by atoms with E-state index in [2.05, 4.69) is 21.4 Å². The zero-order chi connectivity index (χ0) is 18.8. The zero-order valence-corrected chi connectivity index (χ0v) is 15.7. The molecule has 6 heteroatoms. The van der Waals surface area contributed by atoms with Gasteiger partial charge < -0.3 is 14.8 Å². The van der Waals surface area contributed by atoms with E-state index >= 15 is 0 Å². The van der Waals surface area contributed by atoms with Crippen molar-refractivity contribution in [3.05, 3.63) is 59.4 Å². The molecule has 4 rings (SSSR count). The fourth-order valence-corrected chi connectivity index (χ4v) is 3.22. The fourth-order valence-electron chi connectivity index (χ4n) is 3.22. The summed E-state index contributed by atoms with van der Waals surface area (Å²) in [5, 5.41) is 3.53. The van der Waals surface area contributed by atoms with Crippen LogP contribution in [0.4, 0.5) is 5.82 Å². The number of fused-ring (bicyclic) bond motifs is 1. The Morgan fingerprint density at radius 1 is 1.11 bits per heavy atom. The van der Waals surface area contributed by atoms with Crippen molar-refractivity contribution in [1.82, 2.24) is 15.0 Å². The molecule has 0 fully saturated rings. The molecule has 1 aromatic carbocycles. The minimum absolute atomic E-state index is 0.120. The van der Waals surface area contributed by atoms with Crippen LogP contribution in [0.1, 0.15) is 16.8 Å². The number of methoxy groups -OCH3 is 1. The van der Waals surface area contributed by atoms with Crippen LogP contribution < -0.4 is 14.8 Å². The number of para-hydroxylation sites is 1. The van der Waals surface area contributed by atoms with Gasteiger partial charge in [-0.25, -0.2) is 9.97 Å². The monoisotopic (exact) mass is 362 g/mol. The molecule has 0 saturated heterocycles. The van der Waals surface area contributed by atoms with Crippen molar-refractivity contribution in [1.29, 1.82) is 0 Å². The molecule has 0 saturated carbocycles. The maximum Gasteiger partial charge on any atom is 0.180 e. The molecule has 27 heavy (non-hydrogen) atoms. The summed E-state index contributed by atoms with van der Waals surface area (Å²) in [5.74, 6) is 3.06. The lowest BCUT2D eigenvalue weighted by Gasteiger charge is -2.28. The first-order chi connectivity index (χ1) is 13.2. The van der Waals surface area contributed by atoms with Gasteiger partial charge in [0.1, 0.15) is 18.1 Å². The Hall–Kier alpha value is -3.15. The minimum Gasteiger partial charge on any atom is -0.493 e. The Morgan fingerprint density at radius 2 is 2.00 bits per heavy atom. The maximum absolute atomic E-state index is 5.97. The van der Waals surface area contributed by atoms with E-state index < -0.39 is 0 Å². The van der Waals surface area contributed by atoms with E-state index in [1.54, 1.807) is 13.3 Å². The quantitative estimate of drug-likeness (QED) is 0.765. The minimum atomic E-state index is 0.120. The molecule has 2 aromatic heterocycles. The Balaban J connectivity index is 1.60. The number of aromatic nitrogens is 3. The van der Waals surface area contributed by atoms with Crippen LogP contribution in [0.3, 0.4) is 0 Å². The summed E-state index contributed by atoms with van der Waals surface area (Å²) in [6.45, 7) is 4.57. The number of ether oxygens (including phenoxy) is 2. The second-order valence-corrected chi connectivity index (χ2v) is 6.63. The van der Waals surface area contributed by atoms with E-state index in [1.165, 1.54) is 0 Å². The van der Waals surface area contributed by atoms with Crippen LogP contribution >= 0.6 is 0 Å². The highest BCUT2D eigenvalue weighted by Crippen LogP contribution is 2.35. The van der Waals surface area contributed by atoms with Gasteiger partial charge >= 0.3 is 0 Å². The van der Waals surface area contributed by atoms with Gasteiger partial charge in [0.25, 0.3) is 0 Å². The summed E-state index contributed by atoms with van der Waals surface area (Å²) in [4.78, 5) is 13.7. The molecule has 0 aliphatic carbocycles. The number of rotatable bonds is 4. The van der Waals surface area contributed by atoms with Gasteiger partial charge in [-0.1, -0.05) is 18.2 Å². The zero-order valence-electron chi connectivity index (χ0n) is 15.7. The summed E-state index contributed by atoms with van der Waals surface area (Å²) in [7, 11) is 1.66. The third-order valence-corrected chi connectivity index (χ3v) is 4.80. The van der Waals surface area contributed by atoms with Crippen LogP contribution in [0, 0.1) is 13.8 Å². The standard InChI is InChI=1S/C21H22N4O2/c1-13-14(2)23-21(17-8-4-5-10-22-17)25-20(13)24-16-11-15-7-6-9-18(26-3)19(15)27-12-16/h4-10,16H,11-12H2,1-3H3,(H,23,24,25). The molecule has 3 heterocycles. The van der Waals surface area contributed by atoms with E-state index in [9.17, 15) is 0 Å².